The van der Waals surface area contributed by atoms with Gasteiger partial charge in [0.2, 0.25) is 11.8 Å². The van der Waals surface area contributed by atoms with E-state index in [1.165, 1.54) is 0 Å². The Hall–Kier alpha value is -2.90. The van der Waals surface area contributed by atoms with E-state index >= 15 is 0 Å². The number of hydrogen-bond donors (Lipinski definition) is 2. The predicted octanol–water partition coefficient (Wildman–Crippen LogP) is 1.35. The molecule has 2 amide bonds. The summed E-state index contributed by atoms with van der Waals surface area (Å²) in [6.07, 6.45) is 5.61. The minimum absolute atomic E-state index is 0.0147. The summed E-state index contributed by atoms with van der Waals surface area (Å²) in [4.78, 5) is 29.1. The number of rotatable bonds is 7. The van der Waals surface area contributed by atoms with Gasteiger partial charge >= 0.3 is 0 Å². The number of aromatic nitrogens is 3. The lowest BCUT2D eigenvalue weighted by atomic mass is 9.98. The van der Waals surface area contributed by atoms with Gasteiger partial charge < -0.3 is 15.4 Å². The summed E-state index contributed by atoms with van der Waals surface area (Å²) in [6, 6.07) is 5.61. The molecule has 0 radical (unpaired) electrons. The summed E-state index contributed by atoms with van der Waals surface area (Å²) in [6.45, 7) is 1.91. The zero-order chi connectivity index (χ0) is 18.4. The third-order valence-electron chi connectivity index (χ3n) is 4.46. The maximum atomic E-state index is 12.1. The molecule has 0 bridgehead atoms. The molecular weight excluding hydrogens is 334 g/mol. The summed E-state index contributed by atoms with van der Waals surface area (Å²) in [5.41, 5.74) is 6.77. The number of carbonyl (C=O) groups excluding carboxylic acids is 2. The van der Waals surface area contributed by atoms with Crippen LogP contribution in [0.1, 0.15) is 25.7 Å². The van der Waals surface area contributed by atoms with Gasteiger partial charge in [-0.3, -0.25) is 19.7 Å². The molecule has 0 saturated carbocycles. The monoisotopic (exact) mass is 357 g/mol. The van der Waals surface area contributed by atoms with Gasteiger partial charge in [0.15, 0.2) is 0 Å². The van der Waals surface area contributed by atoms with Crippen molar-refractivity contribution in [1.82, 2.24) is 20.1 Å². The number of hydrogen-bond acceptors (Lipinski definition) is 5. The molecule has 0 unspecified atom stereocenters. The molecule has 1 atom stereocenters. The number of amides is 2. The first kappa shape index (κ1) is 17.9. The van der Waals surface area contributed by atoms with E-state index in [-0.39, 0.29) is 24.7 Å². The summed E-state index contributed by atoms with van der Waals surface area (Å²) >= 11 is 0. The standard InChI is InChI=1S/C18H23N5O3/c19-17(24)5-6-18(25)23-9-1-2-13(11-23)12-26-14-3-4-15(20-10-14)16-7-8-21-22-16/h3-4,7-8,10,13H,1-2,5-6,9,11-12H2,(H2,19,24)(H,21,22)/t13-/m1/s1. The molecule has 3 heterocycles. The maximum absolute atomic E-state index is 12.1. The Morgan fingerprint density at radius 1 is 1.31 bits per heavy atom. The van der Waals surface area contributed by atoms with Crippen molar-refractivity contribution in [2.45, 2.75) is 25.7 Å². The van der Waals surface area contributed by atoms with Crippen LogP contribution in [0.3, 0.4) is 0 Å². The van der Waals surface area contributed by atoms with Gasteiger partial charge in [0.25, 0.3) is 0 Å². The molecule has 3 N–H and O–H groups in total. The minimum Gasteiger partial charge on any atom is -0.492 e. The fourth-order valence-corrected chi connectivity index (χ4v) is 3.05. The van der Waals surface area contributed by atoms with Crippen molar-refractivity contribution in [3.8, 4) is 17.1 Å². The van der Waals surface area contributed by atoms with Crippen LogP contribution in [-0.4, -0.2) is 51.6 Å². The van der Waals surface area contributed by atoms with E-state index in [0.717, 1.165) is 30.8 Å². The van der Waals surface area contributed by atoms with Crippen molar-refractivity contribution in [1.29, 1.82) is 0 Å². The van der Waals surface area contributed by atoms with Gasteiger partial charge in [0, 0.05) is 38.0 Å². The Morgan fingerprint density at radius 3 is 2.88 bits per heavy atom. The van der Waals surface area contributed by atoms with Crippen molar-refractivity contribution in [2.24, 2.45) is 11.7 Å². The van der Waals surface area contributed by atoms with Crippen molar-refractivity contribution in [2.75, 3.05) is 19.7 Å². The van der Waals surface area contributed by atoms with Gasteiger partial charge in [-0.25, -0.2) is 0 Å². The van der Waals surface area contributed by atoms with Crippen LogP contribution in [0.5, 0.6) is 5.75 Å². The Labute approximate surface area is 151 Å². The molecule has 2 aromatic rings. The lowest BCUT2D eigenvalue weighted by Crippen LogP contribution is -2.41. The molecule has 8 nitrogen and oxygen atoms in total. The van der Waals surface area contributed by atoms with E-state index < -0.39 is 5.91 Å². The molecule has 138 valence electrons. The minimum atomic E-state index is -0.443. The van der Waals surface area contributed by atoms with Gasteiger partial charge in [-0.2, -0.15) is 5.10 Å². The lowest BCUT2D eigenvalue weighted by molar-refractivity contribution is -0.134. The number of piperidine rings is 1. The van der Waals surface area contributed by atoms with Gasteiger partial charge in [-0.1, -0.05) is 0 Å². The number of nitrogens with two attached hydrogens (primary N) is 1. The van der Waals surface area contributed by atoms with Crippen LogP contribution in [0, 0.1) is 5.92 Å². The number of H-pyrrole nitrogens is 1. The van der Waals surface area contributed by atoms with E-state index in [2.05, 4.69) is 15.2 Å². The highest BCUT2D eigenvalue weighted by Crippen LogP contribution is 2.21. The highest BCUT2D eigenvalue weighted by atomic mass is 16.5. The average molecular weight is 357 g/mol. The first-order valence-electron chi connectivity index (χ1n) is 8.76. The number of ether oxygens (including phenoxy) is 1. The number of pyridine rings is 1. The number of aromatic amines is 1. The molecular formula is C18H23N5O3. The largest absolute Gasteiger partial charge is 0.492 e. The van der Waals surface area contributed by atoms with Crippen LogP contribution in [0.2, 0.25) is 0 Å². The second kappa shape index (κ2) is 8.46. The summed E-state index contributed by atoms with van der Waals surface area (Å²) in [5, 5.41) is 6.78. The maximum Gasteiger partial charge on any atom is 0.223 e. The quantitative estimate of drug-likeness (QED) is 0.776. The van der Waals surface area contributed by atoms with E-state index in [0.29, 0.717) is 18.9 Å². The Kier molecular flexibility index (Phi) is 5.83. The van der Waals surface area contributed by atoms with Gasteiger partial charge in [0.1, 0.15) is 5.75 Å². The molecule has 0 aliphatic carbocycles. The second-order valence-electron chi connectivity index (χ2n) is 6.47. The normalized spacial score (nSPS) is 17.1. The third kappa shape index (κ3) is 4.81. The smallest absolute Gasteiger partial charge is 0.223 e. The van der Waals surface area contributed by atoms with Crippen molar-refractivity contribution in [3.63, 3.8) is 0 Å². The molecule has 3 rings (SSSR count). The topological polar surface area (TPSA) is 114 Å². The molecule has 8 heteroatoms. The highest BCUT2D eigenvalue weighted by Gasteiger charge is 2.24. The molecule has 1 saturated heterocycles. The van der Waals surface area contributed by atoms with Crippen LogP contribution >= 0.6 is 0 Å². The number of carbonyl (C=O) groups is 2. The molecule has 1 aliphatic rings. The Balaban J connectivity index is 1.48. The van der Waals surface area contributed by atoms with Gasteiger partial charge in [-0.05, 0) is 31.0 Å². The van der Waals surface area contributed by atoms with E-state index in [9.17, 15) is 9.59 Å². The fraction of sp³-hybridized carbons (Fsp3) is 0.444. The zero-order valence-electron chi connectivity index (χ0n) is 14.6. The molecule has 26 heavy (non-hydrogen) atoms. The first-order valence-corrected chi connectivity index (χ1v) is 8.76. The van der Waals surface area contributed by atoms with Crippen LogP contribution in [-0.2, 0) is 9.59 Å². The predicted molar refractivity (Wildman–Crippen MR) is 95.0 cm³/mol. The van der Waals surface area contributed by atoms with E-state index in [1.54, 1.807) is 17.3 Å². The number of nitrogens with zero attached hydrogens (tertiary/aromatic N) is 3. The molecule has 2 aromatic heterocycles. The summed E-state index contributed by atoms with van der Waals surface area (Å²) in [5.74, 6) is 0.513. The number of likely N-dealkylation sites (tertiary alicyclic amines) is 1. The summed E-state index contributed by atoms with van der Waals surface area (Å²) < 4.78 is 5.84. The SMILES string of the molecule is NC(=O)CCC(=O)N1CCC[C@@H](COc2ccc(-c3ccn[nH]3)nc2)C1. The molecule has 0 aromatic carbocycles. The Morgan fingerprint density at radius 2 is 2.19 bits per heavy atom. The zero-order valence-corrected chi connectivity index (χ0v) is 14.6. The molecule has 0 spiro atoms. The van der Waals surface area contributed by atoms with Crippen LogP contribution in [0.4, 0.5) is 0 Å². The fourth-order valence-electron chi connectivity index (χ4n) is 3.05. The lowest BCUT2D eigenvalue weighted by Gasteiger charge is -2.32. The summed E-state index contributed by atoms with van der Waals surface area (Å²) in [7, 11) is 0. The third-order valence-corrected chi connectivity index (χ3v) is 4.46. The number of primary amides is 1. The van der Waals surface area contributed by atoms with Crippen molar-refractivity contribution < 1.29 is 14.3 Å². The molecule has 1 fully saturated rings. The van der Waals surface area contributed by atoms with E-state index in [1.807, 2.05) is 18.2 Å². The molecule has 1 aliphatic heterocycles. The second-order valence-corrected chi connectivity index (χ2v) is 6.47. The Bertz CT molecular complexity index is 730. The van der Waals surface area contributed by atoms with Crippen molar-refractivity contribution in [3.05, 3.63) is 30.6 Å². The van der Waals surface area contributed by atoms with Crippen LogP contribution in [0.15, 0.2) is 30.6 Å². The first-order chi connectivity index (χ1) is 12.6. The van der Waals surface area contributed by atoms with Crippen molar-refractivity contribution >= 4 is 11.8 Å². The van der Waals surface area contributed by atoms with Gasteiger partial charge in [-0.15, -0.1) is 0 Å². The van der Waals surface area contributed by atoms with Crippen LogP contribution in [0.25, 0.3) is 11.4 Å². The van der Waals surface area contributed by atoms with Crippen LogP contribution < -0.4 is 10.5 Å². The van der Waals surface area contributed by atoms with Gasteiger partial charge in [0.05, 0.1) is 24.2 Å². The highest BCUT2D eigenvalue weighted by molar-refractivity contribution is 5.82. The average Bonchev–Trinajstić information content (AvgIpc) is 3.20. The van der Waals surface area contributed by atoms with E-state index in [4.69, 9.17) is 10.5 Å². The number of nitrogens with one attached hydrogen (secondary N) is 1.